The number of carbonyl (C=O) groups is 1. The Morgan fingerprint density at radius 3 is 2.58 bits per heavy atom. The normalized spacial score (nSPS) is 14.2. The number of rotatable bonds is 4. The van der Waals surface area contributed by atoms with Gasteiger partial charge in [-0.25, -0.2) is 19.2 Å². The first kappa shape index (κ1) is 25.8. The van der Waals surface area contributed by atoms with Crippen LogP contribution in [0.25, 0.3) is 33.1 Å². The highest BCUT2D eigenvalue weighted by atomic mass is 35.5. The highest BCUT2D eigenvalue weighted by molar-refractivity contribution is 6.33. The molecule has 1 saturated heterocycles. The first-order chi connectivity index (χ1) is 19.2. The highest BCUT2D eigenvalue weighted by Gasteiger charge is 2.26. The molecule has 2 amide bonds. The Morgan fingerprint density at radius 1 is 1.10 bits per heavy atom. The number of ether oxygens (including phenoxy) is 1. The summed E-state index contributed by atoms with van der Waals surface area (Å²) in [7, 11) is 1.59. The van der Waals surface area contributed by atoms with Crippen molar-refractivity contribution >= 4 is 39.6 Å². The number of carbonyl (C=O) groups excluding carboxylic acids is 1. The summed E-state index contributed by atoms with van der Waals surface area (Å²) in [5, 5.41) is 1.01. The van der Waals surface area contributed by atoms with Crippen LogP contribution in [0.1, 0.15) is 24.7 Å². The number of halogens is 2. The molecule has 204 valence electrons. The second-order valence-electron chi connectivity index (χ2n) is 9.85. The zero-order valence-corrected chi connectivity index (χ0v) is 22.5. The Bertz CT molecular complexity index is 1860. The zero-order valence-electron chi connectivity index (χ0n) is 21.8. The van der Waals surface area contributed by atoms with Crippen LogP contribution in [0.4, 0.5) is 9.18 Å². The van der Waals surface area contributed by atoms with Crippen LogP contribution in [-0.2, 0) is 7.05 Å². The standard InChI is InChI=1S/C28H25ClFN7O3/c1-15-34-24-13-32-23-11-22(30)19(10-20(23)27(24)37(15)16-5-7-36(8-6-16)28(31)39)18-4-3-17(9-21(18)29)40-25-12-26(38)35(2)14-33-25/h3-4,9-14,16H,5-8H2,1-2H3,(H2,31,39). The van der Waals surface area contributed by atoms with Gasteiger partial charge in [-0.2, -0.15) is 0 Å². The van der Waals surface area contributed by atoms with E-state index in [9.17, 15) is 9.59 Å². The van der Waals surface area contributed by atoms with Crippen LogP contribution in [0.15, 0.2) is 53.7 Å². The van der Waals surface area contributed by atoms with Gasteiger partial charge in [-0.1, -0.05) is 11.6 Å². The molecule has 40 heavy (non-hydrogen) atoms. The number of urea groups is 1. The molecular weight excluding hydrogens is 537 g/mol. The predicted molar refractivity (Wildman–Crippen MR) is 149 cm³/mol. The maximum absolute atomic E-state index is 15.4. The smallest absolute Gasteiger partial charge is 0.314 e. The highest BCUT2D eigenvalue weighted by Crippen LogP contribution is 2.38. The van der Waals surface area contributed by atoms with E-state index in [4.69, 9.17) is 27.1 Å². The van der Waals surface area contributed by atoms with Gasteiger partial charge in [0.05, 0.1) is 28.3 Å². The number of piperidine rings is 1. The van der Waals surface area contributed by atoms with Gasteiger partial charge in [0.1, 0.15) is 29.2 Å². The number of aryl methyl sites for hydroxylation is 2. The van der Waals surface area contributed by atoms with Crippen molar-refractivity contribution in [2.24, 2.45) is 12.8 Å². The minimum absolute atomic E-state index is 0.100. The van der Waals surface area contributed by atoms with Crippen LogP contribution in [0, 0.1) is 12.7 Å². The number of nitrogens with two attached hydrogens (primary N) is 1. The summed E-state index contributed by atoms with van der Waals surface area (Å²) in [5.41, 5.74) is 8.04. The van der Waals surface area contributed by atoms with E-state index in [0.29, 0.717) is 41.0 Å². The molecule has 0 atom stereocenters. The molecule has 10 nitrogen and oxygen atoms in total. The van der Waals surface area contributed by atoms with Crippen molar-refractivity contribution in [3.63, 3.8) is 0 Å². The van der Waals surface area contributed by atoms with E-state index in [1.165, 1.54) is 23.0 Å². The lowest BCUT2D eigenvalue weighted by Gasteiger charge is -2.32. The third-order valence-corrected chi connectivity index (χ3v) is 7.64. The Morgan fingerprint density at radius 2 is 1.88 bits per heavy atom. The van der Waals surface area contributed by atoms with Gasteiger partial charge in [-0.3, -0.25) is 9.78 Å². The van der Waals surface area contributed by atoms with Gasteiger partial charge < -0.3 is 24.5 Å². The molecule has 5 aromatic rings. The molecular formula is C28H25ClFN7O3. The van der Waals surface area contributed by atoms with E-state index in [1.54, 1.807) is 42.4 Å². The molecule has 0 saturated carbocycles. The molecule has 0 radical (unpaired) electrons. The molecule has 0 spiro atoms. The molecule has 6 rings (SSSR count). The maximum atomic E-state index is 15.4. The van der Waals surface area contributed by atoms with Crippen molar-refractivity contribution in [1.29, 1.82) is 0 Å². The third kappa shape index (κ3) is 4.51. The van der Waals surface area contributed by atoms with Crippen LogP contribution in [0.2, 0.25) is 5.02 Å². The van der Waals surface area contributed by atoms with Crippen molar-refractivity contribution in [2.45, 2.75) is 25.8 Å². The minimum atomic E-state index is -0.472. The lowest BCUT2D eigenvalue weighted by molar-refractivity contribution is 0.180. The number of hydrogen-bond donors (Lipinski definition) is 1. The molecule has 1 aliphatic rings. The van der Waals surface area contributed by atoms with Crippen molar-refractivity contribution in [1.82, 2.24) is 29.0 Å². The van der Waals surface area contributed by atoms with E-state index in [0.717, 1.165) is 29.6 Å². The molecule has 1 fully saturated rings. The predicted octanol–water partition coefficient (Wildman–Crippen LogP) is 4.95. The van der Waals surface area contributed by atoms with Crippen molar-refractivity contribution < 1.29 is 13.9 Å². The molecule has 0 aliphatic carbocycles. The average molecular weight is 562 g/mol. The van der Waals surface area contributed by atoms with Crippen molar-refractivity contribution in [2.75, 3.05) is 13.1 Å². The van der Waals surface area contributed by atoms with Gasteiger partial charge in [-0.15, -0.1) is 0 Å². The lowest BCUT2D eigenvalue weighted by atomic mass is 10.0. The summed E-state index contributed by atoms with van der Waals surface area (Å²) in [6.07, 6.45) is 4.47. The average Bonchev–Trinajstić information content (AvgIpc) is 3.27. The first-order valence-corrected chi connectivity index (χ1v) is 13.1. The number of nitrogens with zero attached hydrogens (tertiary/aromatic N) is 6. The Kier molecular flexibility index (Phi) is 6.38. The van der Waals surface area contributed by atoms with E-state index in [2.05, 4.69) is 14.5 Å². The van der Waals surface area contributed by atoms with Crippen molar-refractivity contribution in [3.8, 4) is 22.8 Å². The number of aromatic nitrogens is 5. The molecule has 0 unspecified atom stereocenters. The fraction of sp³-hybridized carbons (Fsp3) is 0.250. The van der Waals surface area contributed by atoms with Crippen LogP contribution >= 0.6 is 11.6 Å². The summed E-state index contributed by atoms with van der Waals surface area (Å²) in [6.45, 7) is 3.04. The van der Waals surface area contributed by atoms with Crippen LogP contribution in [-0.4, -0.2) is 48.1 Å². The summed E-state index contributed by atoms with van der Waals surface area (Å²) in [6, 6.07) is 8.96. The monoisotopic (exact) mass is 561 g/mol. The number of primary amides is 1. The van der Waals surface area contributed by atoms with Gasteiger partial charge in [0.25, 0.3) is 5.56 Å². The number of hydrogen-bond acceptors (Lipinski definition) is 6. The molecule has 4 heterocycles. The third-order valence-electron chi connectivity index (χ3n) is 7.33. The second-order valence-corrected chi connectivity index (χ2v) is 10.3. The van der Waals surface area contributed by atoms with E-state index >= 15 is 4.39 Å². The number of likely N-dealkylation sites (tertiary alicyclic amines) is 1. The molecule has 0 bridgehead atoms. The summed E-state index contributed by atoms with van der Waals surface area (Å²) < 4.78 is 24.6. The molecule has 1 aliphatic heterocycles. The van der Waals surface area contributed by atoms with Crippen LogP contribution in [0.5, 0.6) is 11.6 Å². The van der Waals surface area contributed by atoms with Gasteiger partial charge >= 0.3 is 6.03 Å². The number of pyridine rings is 1. The van der Waals surface area contributed by atoms with E-state index in [1.807, 2.05) is 6.92 Å². The summed E-state index contributed by atoms with van der Waals surface area (Å²) in [4.78, 5) is 38.4. The molecule has 12 heteroatoms. The van der Waals surface area contributed by atoms with Crippen LogP contribution < -0.4 is 16.0 Å². The zero-order chi connectivity index (χ0) is 28.1. The molecule has 2 aromatic carbocycles. The fourth-order valence-corrected chi connectivity index (χ4v) is 5.58. The van der Waals surface area contributed by atoms with Gasteiger partial charge in [0.2, 0.25) is 5.88 Å². The SMILES string of the molecule is Cc1nc2cnc3cc(F)c(-c4ccc(Oc5cc(=O)n(C)cn5)cc4Cl)cc3c2n1C1CCN(C(N)=O)CC1. The fourth-order valence-electron chi connectivity index (χ4n) is 5.31. The van der Waals surface area contributed by atoms with Crippen molar-refractivity contribution in [3.05, 3.63) is 75.9 Å². The minimum Gasteiger partial charge on any atom is -0.439 e. The quantitative estimate of drug-likeness (QED) is 0.331. The molecule has 2 N–H and O–H groups in total. The number of imidazole rings is 1. The Balaban J connectivity index is 1.41. The molecule has 3 aromatic heterocycles. The Labute approximate surface area is 232 Å². The summed E-state index contributed by atoms with van der Waals surface area (Å²) in [5.74, 6) is 0.829. The van der Waals surface area contributed by atoms with Gasteiger partial charge in [0, 0.05) is 54.8 Å². The Hall–Kier alpha value is -4.51. The first-order valence-electron chi connectivity index (χ1n) is 12.7. The lowest BCUT2D eigenvalue weighted by Crippen LogP contribution is -2.42. The van der Waals surface area contributed by atoms with Crippen LogP contribution in [0.3, 0.4) is 0 Å². The summed E-state index contributed by atoms with van der Waals surface area (Å²) >= 11 is 6.62. The topological polar surface area (TPSA) is 121 Å². The van der Waals surface area contributed by atoms with E-state index in [-0.39, 0.29) is 22.5 Å². The number of fused-ring (bicyclic) bond motifs is 3. The second kappa shape index (κ2) is 9.91. The largest absolute Gasteiger partial charge is 0.439 e. The van der Waals surface area contributed by atoms with Gasteiger partial charge in [-0.05, 0) is 38.0 Å². The maximum Gasteiger partial charge on any atom is 0.314 e. The van der Waals surface area contributed by atoms with E-state index < -0.39 is 11.8 Å². The van der Waals surface area contributed by atoms with Gasteiger partial charge in [0.15, 0.2) is 0 Å². The number of amides is 2. The number of benzene rings is 2.